The third kappa shape index (κ3) is 4.77. The van der Waals surface area contributed by atoms with Crippen LogP contribution in [0, 0.1) is 0 Å². The maximum atomic E-state index is 8.57. The Kier molecular flexibility index (Phi) is 5.54. The summed E-state index contributed by atoms with van der Waals surface area (Å²) >= 11 is 0. The number of pyridine rings is 1. The number of nitrogens with two attached hydrogens (primary N) is 1. The Bertz CT molecular complexity index is 570. The monoisotopic (exact) mass is 286 g/mol. The van der Waals surface area contributed by atoms with Gasteiger partial charge in [-0.1, -0.05) is 5.16 Å². The Morgan fingerprint density at radius 2 is 1.90 bits per heavy atom. The van der Waals surface area contributed by atoms with E-state index in [1.165, 1.54) is 5.56 Å². The van der Waals surface area contributed by atoms with Crippen LogP contribution in [0.1, 0.15) is 11.1 Å². The summed E-state index contributed by atoms with van der Waals surface area (Å²) in [5.74, 6) is 0.829. The van der Waals surface area contributed by atoms with E-state index in [2.05, 4.69) is 15.5 Å². The average molecular weight is 286 g/mol. The predicted molar refractivity (Wildman–Crippen MR) is 80.4 cm³/mol. The molecule has 110 valence electrons. The topological polar surface area (TPSA) is 92.8 Å². The summed E-state index contributed by atoms with van der Waals surface area (Å²) in [6.45, 7) is 2.09. The molecule has 0 aliphatic rings. The van der Waals surface area contributed by atoms with Crippen LogP contribution in [0.15, 0.2) is 53.9 Å². The molecule has 0 atom stereocenters. The molecule has 2 rings (SSSR count). The molecular formula is C15H18N4O2. The number of ether oxygens (including phenoxy) is 1. The number of hydrogen-bond acceptors (Lipinski definition) is 5. The summed E-state index contributed by atoms with van der Waals surface area (Å²) in [5.41, 5.74) is 7.33. The molecule has 0 fully saturated rings. The van der Waals surface area contributed by atoms with Crippen molar-refractivity contribution in [1.82, 2.24) is 10.3 Å². The summed E-state index contributed by atoms with van der Waals surface area (Å²) < 4.78 is 5.59. The van der Waals surface area contributed by atoms with Gasteiger partial charge in [-0.05, 0) is 42.0 Å². The minimum absolute atomic E-state index is 0.0839. The van der Waals surface area contributed by atoms with Gasteiger partial charge in [0.25, 0.3) is 0 Å². The Labute approximate surface area is 123 Å². The lowest BCUT2D eigenvalue weighted by atomic mass is 10.2. The Hall–Kier alpha value is -2.60. The molecule has 0 radical (unpaired) electrons. The average Bonchev–Trinajstić information content (AvgIpc) is 2.55. The number of nitrogens with zero attached hydrogens (tertiary/aromatic N) is 2. The van der Waals surface area contributed by atoms with Gasteiger partial charge in [-0.25, -0.2) is 0 Å². The zero-order chi connectivity index (χ0) is 14.9. The second-order valence-electron chi connectivity index (χ2n) is 4.39. The molecule has 0 amide bonds. The SMILES string of the molecule is NC(=NO)c1ccc(OCCNCc2ccncc2)cc1. The van der Waals surface area contributed by atoms with Crippen molar-refractivity contribution < 1.29 is 9.94 Å². The van der Waals surface area contributed by atoms with Crippen LogP contribution in [0.2, 0.25) is 0 Å². The third-order valence-corrected chi connectivity index (χ3v) is 2.88. The van der Waals surface area contributed by atoms with E-state index in [0.29, 0.717) is 12.2 Å². The van der Waals surface area contributed by atoms with Crippen molar-refractivity contribution in [3.05, 3.63) is 59.9 Å². The van der Waals surface area contributed by atoms with Gasteiger partial charge in [0.05, 0.1) is 0 Å². The minimum atomic E-state index is 0.0839. The van der Waals surface area contributed by atoms with Gasteiger partial charge in [0.15, 0.2) is 5.84 Å². The molecule has 21 heavy (non-hydrogen) atoms. The predicted octanol–water partition coefficient (Wildman–Crippen LogP) is 1.34. The summed E-state index contributed by atoms with van der Waals surface area (Å²) in [5, 5.41) is 14.8. The molecule has 1 heterocycles. The Morgan fingerprint density at radius 1 is 1.19 bits per heavy atom. The summed E-state index contributed by atoms with van der Waals surface area (Å²) in [6, 6.07) is 11.0. The van der Waals surface area contributed by atoms with Gasteiger partial charge >= 0.3 is 0 Å². The van der Waals surface area contributed by atoms with Crippen LogP contribution in [0.3, 0.4) is 0 Å². The fraction of sp³-hybridized carbons (Fsp3) is 0.200. The highest BCUT2D eigenvalue weighted by Crippen LogP contribution is 2.11. The number of nitrogens with one attached hydrogen (secondary N) is 1. The molecule has 0 unspecified atom stereocenters. The molecule has 4 N–H and O–H groups in total. The van der Waals surface area contributed by atoms with Crippen LogP contribution in [0.5, 0.6) is 5.75 Å². The first-order valence-electron chi connectivity index (χ1n) is 6.60. The molecular weight excluding hydrogens is 268 g/mol. The number of amidine groups is 1. The Morgan fingerprint density at radius 3 is 2.57 bits per heavy atom. The first-order valence-corrected chi connectivity index (χ1v) is 6.60. The quantitative estimate of drug-likeness (QED) is 0.235. The van der Waals surface area contributed by atoms with Crippen molar-refractivity contribution in [2.24, 2.45) is 10.9 Å². The zero-order valence-corrected chi connectivity index (χ0v) is 11.6. The lowest BCUT2D eigenvalue weighted by molar-refractivity contribution is 0.313. The van der Waals surface area contributed by atoms with Crippen LogP contribution in [-0.4, -0.2) is 29.2 Å². The fourth-order valence-electron chi connectivity index (χ4n) is 1.75. The van der Waals surface area contributed by atoms with E-state index in [-0.39, 0.29) is 5.84 Å². The Balaban J connectivity index is 1.69. The second-order valence-corrected chi connectivity index (χ2v) is 4.39. The van der Waals surface area contributed by atoms with Crippen molar-refractivity contribution in [2.75, 3.05) is 13.2 Å². The molecule has 6 nitrogen and oxygen atoms in total. The number of rotatable bonds is 7. The van der Waals surface area contributed by atoms with Gasteiger partial charge < -0.3 is 21.0 Å². The molecule has 1 aromatic heterocycles. The van der Waals surface area contributed by atoms with E-state index < -0.39 is 0 Å². The smallest absolute Gasteiger partial charge is 0.170 e. The van der Waals surface area contributed by atoms with E-state index in [9.17, 15) is 0 Å². The zero-order valence-electron chi connectivity index (χ0n) is 11.6. The first kappa shape index (κ1) is 14.8. The third-order valence-electron chi connectivity index (χ3n) is 2.88. The molecule has 0 aliphatic carbocycles. The van der Waals surface area contributed by atoms with Crippen LogP contribution in [-0.2, 0) is 6.54 Å². The van der Waals surface area contributed by atoms with E-state index in [0.717, 1.165) is 18.8 Å². The van der Waals surface area contributed by atoms with Gasteiger partial charge in [-0.15, -0.1) is 0 Å². The van der Waals surface area contributed by atoms with Crippen molar-refractivity contribution in [2.45, 2.75) is 6.54 Å². The van der Waals surface area contributed by atoms with Crippen molar-refractivity contribution >= 4 is 5.84 Å². The number of aromatic nitrogens is 1. The molecule has 0 spiro atoms. The van der Waals surface area contributed by atoms with E-state index in [1.807, 2.05) is 12.1 Å². The summed E-state index contributed by atoms with van der Waals surface area (Å²) in [7, 11) is 0. The van der Waals surface area contributed by atoms with E-state index in [1.54, 1.807) is 36.7 Å². The lowest BCUT2D eigenvalue weighted by Gasteiger charge is -2.08. The maximum absolute atomic E-state index is 8.57. The molecule has 0 aliphatic heterocycles. The van der Waals surface area contributed by atoms with Gasteiger partial charge in [0.1, 0.15) is 12.4 Å². The summed E-state index contributed by atoms with van der Waals surface area (Å²) in [6.07, 6.45) is 3.55. The normalized spacial score (nSPS) is 11.3. The largest absolute Gasteiger partial charge is 0.492 e. The van der Waals surface area contributed by atoms with Crippen molar-refractivity contribution in [3.8, 4) is 5.75 Å². The minimum Gasteiger partial charge on any atom is -0.492 e. The van der Waals surface area contributed by atoms with E-state index >= 15 is 0 Å². The highest BCUT2D eigenvalue weighted by Gasteiger charge is 1.99. The summed E-state index contributed by atoms with van der Waals surface area (Å²) in [4.78, 5) is 3.97. The van der Waals surface area contributed by atoms with Crippen molar-refractivity contribution in [1.29, 1.82) is 0 Å². The molecule has 0 saturated heterocycles. The lowest BCUT2D eigenvalue weighted by Crippen LogP contribution is -2.20. The van der Waals surface area contributed by atoms with Crippen LogP contribution in [0.25, 0.3) is 0 Å². The van der Waals surface area contributed by atoms with Gasteiger partial charge in [-0.2, -0.15) is 0 Å². The molecule has 2 aromatic rings. The van der Waals surface area contributed by atoms with Gasteiger partial charge in [0, 0.05) is 31.0 Å². The van der Waals surface area contributed by atoms with Crippen LogP contribution >= 0.6 is 0 Å². The fourth-order valence-corrected chi connectivity index (χ4v) is 1.75. The van der Waals surface area contributed by atoms with Crippen LogP contribution in [0.4, 0.5) is 0 Å². The molecule has 0 bridgehead atoms. The number of benzene rings is 1. The van der Waals surface area contributed by atoms with Gasteiger partial charge in [0.2, 0.25) is 0 Å². The maximum Gasteiger partial charge on any atom is 0.170 e. The first-order chi connectivity index (χ1) is 10.3. The van der Waals surface area contributed by atoms with Crippen LogP contribution < -0.4 is 15.8 Å². The van der Waals surface area contributed by atoms with Crippen molar-refractivity contribution in [3.63, 3.8) is 0 Å². The highest BCUT2D eigenvalue weighted by atomic mass is 16.5. The standard InChI is InChI=1S/C15H18N4O2/c16-15(19-20)13-1-3-14(4-2-13)21-10-9-18-11-12-5-7-17-8-6-12/h1-8,18,20H,9-11H2,(H2,16,19). The molecule has 0 saturated carbocycles. The molecule has 1 aromatic carbocycles. The highest BCUT2D eigenvalue weighted by molar-refractivity contribution is 5.97. The molecule has 6 heteroatoms. The number of oxime groups is 1. The van der Waals surface area contributed by atoms with E-state index in [4.69, 9.17) is 15.7 Å². The number of hydrogen-bond donors (Lipinski definition) is 3. The second kappa shape index (κ2) is 7.86. The van der Waals surface area contributed by atoms with Gasteiger partial charge in [-0.3, -0.25) is 4.98 Å².